The molecule has 1 aliphatic rings. The van der Waals surface area contributed by atoms with E-state index in [0.717, 1.165) is 38.5 Å². The quantitative estimate of drug-likeness (QED) is 0.732. The highest BCUT2D eigenvalue weighted by molar-refractivity contribution is 5.03. The maximum atomic E-state index is 9.26. The predicted molar refractivity (Wildman–Crippen MR) is 81.0 cm³/mol. The van der Waals surface area contributed by atoms with Gasteiger partial charge in [-0.05, 0) is 52.2 Å². The van der Waals surface area contributed by atoms with Crippen LogP contribution in [0.25, 0.3) is 0 Å². The van der Waals surface area contributed by atoms with Crippen molar-refractivity contribution in [3.63, 3.8) is 0 Å². The van der Waals surface area contributed by atoms with Gasteiger partial charge in [-0.2, -0.15) is 5.26 Å². The van der Waals surface area contributed by atoms with Crippen LogP contribution < -0.4 is 5.32 Å². The molecule has 1 fully saturated rings. The normalized spacial score (nSPS) is 20.2. The molecule has 0 aliphatic heterocycles. The first-order valence-electron chi connectivity index (χ1n) is 8.05. The van der Waals surface area contributed by atoms with Crippen LogP contribution in [-0.2, 0) is 0 Å². The van der Waals surface area contributed by atoms with Crippen LogP contribution in [0, 0.1) is 11.3 Å². The minimum absolute atomic E-state index is 0.347. The van der Waals surface area contributed by atoms with Crippen molar-refractivity contribution in [2.75, 3.05) is 19.6 Å². The molecule has 0 saturated heterocycles. The third-order valence-corrected chi connectivity index (χ3v) is 4.43. The van der Waals surface area contributed by atoms with Gasteiger partial charge in [-0.25, -0.2) is 0 Å². The van der Waals surface area contributed by atoms with Gasteiger partial charge in [-0.1, -0.05) is 33.1 Å². The summed E-state index contributed by atoms with van der Waals surface area (Å²) in [6.45, 7) is 9.51. The van der Waals surface area contributed by atoms with Crippen molar-refractivity contribution >= 4 is 0 Å². The molecule has 1 rings (SSSR count). The Kier molecular flexibility index (Phi) is 7.41. The van der Waals surface area contributed by atoms with Crippen LogP contribution in [-0.4, -0.2) is 36.1 Å². The largest absolute Gasteiger partial charge is 0.301 e. The lowest BCUT2D eigenvalue weighted by Gasteiger charge is -2.34. The Morgan fingerprint density at radius 1 is 1.26 bits per heavy atom. The molecule has 1 unspecified atom stereocenters. The Morgan fingerprint density at radius 2 is 1.95 bits per heavy atom. The van der Waals surface area contributed by atoms with Crippen molar-refractivity contribution in [3.8, 4) is 6.07 Å². The number of hydrogen-bond acceptors (Lipinski definition) is 3. The number of nitrogens with zero attached hydrogens (tertiary/aromatic N) is 2. The molecular weight excluding hydrogens is 234 g/mol. The molecule has 1 atom stereocenters. The lowest BCUT2D eigenvalue weighted by molar-refractivity contribution is 0.158. The van der Waals surface area contributed by atoms with Crippen molar-refractivity contribution in [1.82, 2.24) is 10.2 Å². The van der Waals surface area contributed by atoms with Crippen LogP contribution in [0.15, 0.2) is 0 Å². The maximum absolute atomic E-state index is 9.26. The van der Waals surface area contributed by atoms with Gasteiger partial charge in [0, 0.05) is 6.04 Å². The molecule has 0 bridgehead atoms. The fraction of sp³-hybridized carbons (Fsp3) is 0.938. The predicted octanol–water partition coefficient (Wildman–Crippen LogP) is 3.31. The highest BCUT2D eigenvalue weighted by Crippen LogP contribution is 2.23. The van der Waals surface area contributed by atoms with E-state index in [2.05, 4.69) is 30.1 Å². The van der Waals surface area contributed by atoms with Gasteiger partial charge in [-0.3, -0.25) is 5.32 Å². The van der Waals surface area contributed by atoms with Crippen molar-refractivity contribution in [1.29, 1.82) is 5.26 Å². The molecule has 3 heteroatoms. The van der Waals surface area contributed by atoms with Gasteiger partial charge in [0.15, 0.2) is 0 Å². The molecule has 110 valence electrons. The summed E-state index contributed by atoms with van der Waals surface area (Å²) in [7, 11) is 0. The SMILES string of the molecule is CCNC(C)(C#N)CCCN(CC)C1CCCCC1. The topological polar surface area (TPSA) is 39.1 Å². The Hall–Kier alpha value is -0.590. The molecule has 0 aromatic rings. The van der Waals surface area contributed by atoms with Gasteiger partial charge in [0.2, 0.25) is 0 Å². The second-order valence-corrected chi connectivity index (χ2v) is 6.00. The van der Waals surface area contributed by atoms with E-state index in [-0.39, 0.29) is 5.54 Å². The Balaban J connectivity index is 2.34. The first-order valence-corrected chi connectivity index (χ1v) is 8.05. The van der Waals surface area contributed by atoms with Crippen LogP contribution in [0.3, 0.4) is 0 Å². The van der Waals surface area contributed by atoms with Crippen LogP contribution in [0.5, 0.6) is 0 Å². The zero-order valence-corrected chi connectivity index (χ0v) is 13.0. The molecule has 1 N–H and O–H groups in total. The zero-order valence-electron chi connectivity index (χ0n) is 13.0. The van der Waals surface area contributed by atoms with Crippen LogP contribution >= 0.6 is 0 Å². The summed E-state index contributed by atoms with van der Waals surface area (Å²) in [5, 5.41) is 12.6. The third-order valence-electron chi connectivity index (χ3n) is 4.43. The van der Waals surface area contributed by atoms with E-state index >= 15 is 0 Å². The molecule has 0 aromatic heterocycles. The van der Waals surface area contributed by atoms with E-state index in [1.165, 1.54) is 32.1 Å². The minimum Gasteiger partial charge on any atom is -0.301 e. The average molecular weight is 265 g/mol. The number of nitriles is 1. The monoisotopic (exact) mass is 265 g/mol. The number of hydrogen-bond donors (Lipinski definition) is 1. The highest BCUT2D eigenvalue weighted by Gasteiger charge is 2.24. The minimum atomic E-state index is -0.347. The van der Waals surface area contributed by atoms with E-state index in [9.17, 15) is 5.26 Å². The average Bonchev–Trinajstić information content (AvgIpc) is 2.45. The van der Waals surface area contributed by atoms with Crippen molar-refractivity contribution < 1.29 is 0 Å². The molecule has 0 aromatic carbocycles. The molecular formula is C16H31N3. The molecule has 19 heavy (non-hydrogen) atoms. The van der Waals surface area contributed by atoms with Gasteiger partial charge < -0.3 is 4.90 Å². The van der Waals surface area contributed by atoms with Gasteiger partial charge in [-0.15, -0.1) is 0 Å². The molecule has 0 amide bonds. The first-order chi connectivity index (χ1) is 9.15. The van der Waals surface area contributed by atoms with Crippen molar-refractivity contribution in [3.05, 3.63) is 0 Å². The maximum Gasteiger partial charge on any atom is 0.103 e. The molecule has 0 heterocycles. The van der Waals surface area contributed by atoms with Crippen LogP contribution in [0.4, 0.5) is 0 Å². The van der Waals surface area contributed by atoms with Gasteiger partial charge in [0.1, 0.15) is 5.54 Å². The van der Waals surface area contributed by atoms with E-state index in [1.807, 2.05) is 6.92 Å². The second kappa shape index (κ2) is 8.55. The first kappa shape index (κ1) is 16.5. The van der Waals surface area contributed by atoms with E-state index in [1.54, 1.807) is 0 Å². The highest BCUT2D eigenvalue weighted by atomic mass is 15.1. The van der Waals surface area contributed by atoms with Gasteiger partial charge in [0.25, 0.3) is 0 Å². The third kappa shape index (κ3) is 5.50. The summed E-state index contributed by atoms with van der Waals surface area (Å²) in [6, 6.07) is 3.22. The summed E-state index contributed by atoms with van der Waals surface area (Å²) in [6.07, 6.45) is 9.01. The molecule has 1 aliphatic carbocycles. The standard InChI is InChI=1S/C16H31N3/c1-4-18-16(3,14-17)12-9-13-19(5-2)15-10-7-6-8-11-15/h15,18H,4-13H2,1-3H3. The van der Waals surface area contributed by atoms with E-state index in [0.29, 0.717) is 0 Å². The lowest BCUT2D eigenvalue weighted by Crippen LogP contribution is -2.42. The summed E-state index contributed by atoms with van der Waals surface area (Å²) >= 11 is 0. The Morgan fingerprint density at radius 3 is 2.47 bits per heavy atom. The van der Waals surface area contributed by atoms with Crippen LogP contribution in [0.1, 0.15) is 65.7 Å². The van der Waals surface area contributed by atoms with E-state index < -0.39 is 0 Å². The van der Waals surface area contributed by atoms with Gasteiger partial charge in [0.05, 0.1) is 6.07 Å². The Labute approximate surface area is 119 Å². The van der Waals surface area contributed by atoms with Gasteiger partial charge >= 0.3 is 0 Å². The summed E-state index contributed by atoms with van der Waals surface area (Å²) in [5.74, 6) is 0. The molecule has 0 spiro atoms. The molecule has 3 nitrogen and oxygen atoms in total. The second-order valence-electron chi connectivity index (χ2n) is 6.00. The smallest absolute Gasteiger partial charge is 0.103 e. The molecule has 1 saturated carbocycles. The zero-order chi connectivity index (χ0) is 14.1. The summed E-state index contributed by atoms with van der Waals surface area (Å²) in [5.41, 5.74) is -0.347. The lowest BCUT2D eigenvalue weighted by atomic mass is 9.93. The van der Waals surface area contributed by atoms with E-state index in [4.69, 9.17) is 0 Å². The number of nitrogens with one attached hydrogen (secondary N) is 1. The molecule has 0 radical (unpaired) electrons. The Bertz CT molecular complexity index is 278. The summed E-state index contributed by atoms with van der Waals surface area (Å²) < 4.78 is 0. The number of rotatable bonds is 8. The summed E-state index contributed by atoms with van der Waals surface area (Å²) in [4.78, 5) is 2.63. The van der Waals surface area contributed by atoms with Crippen molar-refractivity contribution in [2.24, 2.45) is 0 Å². The van der Waals surface area contributed by atoms with Crippen molar-refractivity contribution in [2.45, 2.75) is 77.3 Å². The van der Waals surface area contributed by atoms with Crippen LogP contribution in [0.2, 0.25) is 0 Å². The fourth-order valence-electron chi connectivity index (χ4n) is 3.25. The fourth-order valence-corrected chi connectivity index (χ4v) is 3.25.